The molecule has 1 N–H and O–H groups in total. The predicted octanol–water partition coefficient (Wildman–Crippen LogP) is 4.40. The molecule has 0 spiro atoms. The molecule has 6 nitrogen and oxygen atoms in total. The smallest absolute Gasteiger partial charge is 0.241 e. The van der Waals surface area contributed by atoms with Gasteiger partial charge in [0, 0.05) is 37.7 Å². The molecular formula is C25H28ClN3O3S. The Hall–Kier alpha value is -2.42. The molecule has 1 aliphatic rings. The first-order valence-corrected chi connectivity index (χ1v) is 12.8. The third-order valence-corrected chi connectivity index (χ3v) is 7.46. The minimum Gasteiger partial charge on any atom is -0.457 e. The monoisotopic (exact) mass is 485 g/mol. The maximum Gasteiger partial charge on any atom is 0.241 e. The molecule has 0 aliphatic carbocycles. The number of likely N-dealkylation sites (N-methyl/N-ethyl adjacent to an activating group) is 1. The van der Waals surface area contributed by atoms with E-state index in [4.69, 9.17) is 16.3 Å². The van der Waals surface area contributed by atoms with E-state index in [1.54, 1.807) is 36.4 Å². The normalized spacial score (nSPS) is 16.4. The summed E-state index contributed by atoms with van der Waals surface area (Å²) in [6.07, 6.45) is 0. The van der Waals surface area contributed by atoms with Crippen LogP contribution in [0.3, 0.4) is 0 Å². The number of halogens is 1. The summed E-state index contributed by atoms with van der Waals surface area (Å²) < 4.78 is 35.2. The van der Waals surface area contributed by atoms with Gasteiger partial charge in [0.15, 0.2) is 0 Å². The highest BCUT2D eigenvalue weighted by molar-refractivity contribution is 7.89. The fourth-order valence-corrected chi connectivity index (χ4v) is 5.10. The molecule has 0 aromatic heterocycles. The molecule has 0 radical (unpaired) electrons. The number of rotatable bonds is 8. The van der Waals surface area contributed by atoms with Gasteiger partial charge >= 0.3 is 0 Å². The lowest BCUT2D eigenvalue weighted by Gasteiger charge is -2.35. The van der Waals surface area contributed by atoms with Gasteiger partial charge in [0.25, 0.3) is 0 Å². The molecule has 1 atom stereocenters. The van der Waals surface area contributed by atoms with Gasteiger partial charge in [0.2, 0.25) is 10.0 Å². The molecule has 0 bridgehead atoms. The fourth-order valence-electron chi connectivity index (χ4n) is 3.76. The van der Waals surface area contributed by atoms with Crippen LogP contribution in [0.4, 0.5) is 0 Å². The molecule has 0 saturated carbocycles. The third-order valence-electron chi connectivity index (χ3n) is 5.72. The van der Waals surface area contributed by atoms with E-state index < -0.39 is 16.1 Å². The Morgan fingerprint density at radius 1 is 0.879 bits per heavy atom. The zero-order valence-corrected chi connectivity index (χ0v) is 20.1. The van der Waals surface area contributed by atoms with Gasteiger partial charge < -0.3 is 9.64 Å². The molecule has 0 amide bonds. The van der Waals surface area contributed by atoms with Crippen molar-refractivity contribution in [2.24, 2.45) is 0 Å². The second-order valence-corrected chi connectivity index (χ2v) is 10.4. The van der Waals surface area contributed by atoms with E-state index in [1.165, 1.54) is 0 Å². The zero-order valence-electron chi connectivity index (χ0n) is 18.5. The number of sulfonamides is 1. The van der Waals surface area contributed by atoms with Crippen LogP contribution >= 0.6 is 11.6 Å². The van der Waals surface area contributed by atoms with Crippen molar-refractivity contribution in [3.63, 3.8) is 0 Å². The van der Waals surface area contributed by atoms with Gasteiger partial charge in [-0.15, -0.1) is 0 Å². The first kappa shape index (κ1) is 23.7. The van der Waals surface area contributed by atoms with Crippen LogP contribution in [0.25, 0.3) is 0 Å². The molecule has 174 valence electrons. The van der Waals surface area contributed by atoms with Crippen molar-refractivity contribution in [3.05, 3.63) is 89.4 Å². The van der Waals surface area contributed by atoms with E-state index in [0.29, 0.717) is 23.1 Å². The van der Waals surface area contributed by atoms with Crippen LogP contribution in [0.5, 0.6) is 11.5 Å². The Morgan fingerprint density at radius 2 is 1.48 bits per heavy atom. The summed E-state index contributed by atoms with van der Waals surface area (Å²) in [4.78, 5) is 4.76. The number of piperazine rings is 1. The number of nitrogens with zero attached hydrogens (tertiary/aromatic N) is 2. The standard InChI is InChI=1S/C25H28ClN3O3S/c1-28-15-17-29(18-16-28)19-25(20-7-9-21(26)10-8-20)27-33(30,31)24-13-11-23(12-14-24)32-22-5-3-2-4-6-22/h2-14,25,27H,15-19H2,1H3/t25-/m0/s1. The zero-order chi connectivity index (χ0) is 23.3. The lowest BCUT2D eigenvalue weighted by Crippen LogP contribution is -2.47. The quantitative estimate of drug-likeness (QED) is 0.512. The van der Waals surface area contributed by atoms with Crippen molar-refractivity contribution in [3.8, 4) is 11.5 Å². The molecule has 3 aromatic carbocycles. The lowest BCUT2D eigenvalue weighted by molar-refractivity contribution is 0.145. The number of hydrogen-bond acceptors (Lipinski definition) is 5. The first-order valence-electron chi connectivity index (χ1n) is 10.9. The molecule has 33 heavy (non-hydrogen) atoms. The first-order chi connectivity index (χ1) is 15.9. The predicted molar refractivity (Wildman–Crippen MR) is 131 cm³/mol. The summed E-state index contributed by atoms with van der Waals surface area (Å²) in [5.74, 6) is 1.27. The van der Waals surface area contributed by atoms with E-state index in [1.807, 2.05) is 42.5 Å². The summed E-state index contributed by atoms with van der Waals surface area (Å²) in [5.41, 5.74) is 0.880. The van der Waals surface area contributed by atoms with Crippen molar-refractivity contribution in [2.75, 3.05) is 39.8 Å². The maximum absolute atomic E-state index is 13.2. The Kier molecular flexibility index (Phi) is 7.67. The molecule has 1 aliphatic heterocycles. The molecular weight excluding hydrogens is 458 g/mol. The molecule has 3 aromatic rings. The van der Waals surface area contributed by atoms with Gasteiger partial charge in [0.1, 0.15) is 11.5 Å². The van der Waals surface area contributed by atoms with E-state index in [-0.39, 0.29) is 4.90 Å². The minimum absolute atomic E-state index is 0.195. The second-order valence-electron chi connectivity index (χ2n) is 8.22. The minimum atomic E-state index is -3.74. The van der Waals surface area contributed by atoms with Gasteiger partial charge in [-0.05, 0) is 61.1 Å². The maximum atomic E-state index is 13.2. The SMILES string of the molecule is CN1CCN(C[C@H](NS(=O)(=O)c2ccc(Oc3ccccc3)cc2)c2ccc(Cl)cc2)CC1. The highest BCUT2D eigenvalue weighted by atomic mass is 35.5. The number of hydrogen-bond donors (Lipinski definition) is 1. The lowest BCUT2D eigenvalue weighted by atomic mass is 10.1. The van der Waals surface area contributed by atoms with Crippen molar-refractivity contribution < 1.29 is 13.2 Å². The molecule has 1 fully saturated rings. The summed E-state index contributed by atoms with van der Waals surface area (Å²) in [6.45, 7) is 4.30. The van der Waals surface area contributed by atoms with Crippen LogP contribution in [-0.4, -0.2) is 58.0 Å². The van der Waals surface area contributed by atoms with Crippen LogP contribution in [0.15, 0.2) is 83.8 Å². The van der Waals surface area contributed by atoms with Gasteiger partial charge in [-0.2, -0.15) is 0 Å². The van der Waals surface area contributed by atoms with E-state index in [9.17, 15) is 8.42 Å². The van der Waals surface area contributed by atoms with Gasteiger partial charge in [0.05, 0.1) is 10.9 Å². The third kappa shape index (κ3) is 6.56. The van der Waals surface area contributed by atoms with Gasteiger partial charge in [-0.25, -0.2) is 13.1 Å². The van der Waals surface area contributed by atoms with E-state index >= 15 is 0 Å². The van der Waals surface area contributed by atoms with Crippen LogP contribution in [-0.2, 0) is 10.0 Å². The highest BCUT2D eigenvalue weighted by Gasteiger charge is 2.25. The van der Waals surface area contributed by atoms with Crippen molar-refractivity contribution in [1.82, 2.24) is 14.5 Å². The molecule has 1 heterocycles. The van der Waals surface area contributed by atoms with Crippen LogP contribution in [0.2, 0.25) is 5.02 Å². The van der Waals surface area contributed by atoms with Gasteiger partial charge in [-0.3, -0.25) is 4.90 Å². The van der Waals surface area contributed by atoms with Crippen LogP contribution in [0, 0.1) is 0 Å². The molecule has 4 rings (SSSR count). The number of nitrogens with one attached hydrogen (secondary N) is 1. The Balaban J connectivity index is 1.50. The highest BCUT2D eigenvalue weighted by Crippen LogP contribution is 2.25. The van der Waals surface area contributed by atoms with Crippen molar-refractivity contribution in [2.45, 2.75) is 10.9 Å². The van der Waals surface area contributed by atoms with Gasteiger partial charge in [-0.1, -0.05) is 41.9 Å². The van der Waals surface area contributed by atoms with E-state index in [2.05, 4.69) is 21.6 Å². The largest absolute Gasteiger partial charge is 0.457 e. The number of para-hydroxylation sites is 1. The Morgan fingerprint density at radius 3 is 2.12 bits per heavy atom. The Bertz CT molecular complexity index is 1130. The molecule has 8 heteroatoms. The molecule has 0 unspecified atom stereocenters. The number of ether oxygens (including phenoxy) is 1. The fraction of sp³-hybridized carbons (Fsp3) is 0.280. The summed E-state index contributed by atoms with van der Waals surface area (Å²) >= 11 is 6.06. The summed E-state index contributed by atoms with van der Waals surface area (Å²) in [6, 6.07) is 22.8. The number of benzene rings is 3. The average molecular weight is 486 g/mol. The summed E-state index contributed by atoms with van der Waals surface area (Å²) in [7, 11) is -1.65. The summed E-state index contributed by atoms with van der Waals surface area (Å²) in [5, 5.41) is 0.619. The average Bonchev–Trinajstić information content (AvgIpc) is 2.81. The Labute approximate surface area is 200 Å². The van der Waals surface area contributed by atoms with E-state index in [0.717, 1.165) is 31.7 Å². The second kappa shape index (κ2) is 10.7. The van der Waals surface area contributed by atoms with Crippen LogP contribution in [0.1, 0.15) is 11.6 Å². The van der Waals surface area contributed by atoms with Crippen LogP contribution < -0.4 is 9.46 Å². The van der Waals surface area contributed by atoms with Crippen molar-refractivity contribution >= 4 is 21.6 Å². The topological polar surface area (TPSA) is 61.9 Å². The molecule has 1 saturated heterocycles. The van der Waals surface area contributed by atoms with Crippen molar-refractivity contribution in [1.29, 1.82) is 0 Å².